The van der Waals surface area contributed by atoms with Crippen molar-refractivity contribution >= 4 is 92.4 Å². The van der Waals surface area contributed by atoms with E-state index in [1.165, 1.54) is 33.3 Å². The van der Waals surface area contributed by atoms with Gasteiger partial charge in [0.25, 0.3) is 11.8 Å². The molecule has 13 heteroatoms. The van der Waals surface area contributed by atoms with Gasteiger partial charge in [-0.1, -0.05) is 108 Å². The third kappa shape index (κ3) is 9.38. The van der Waals surface area contributed by atoms with E-state index in [0.29, 0.717) is 57.7 Å². The highest BCUT2D eigenvalue weighted by Crippen LogP contribution is 2.33. The molecule has 3 aliphatic heterocycles. The SMILES string of the molecule is Cc1ccc(/C=C2\SC(=S)N(CCC(=O)NCCN3CCN(C(=O)CCN4C(=O)/C(=C/c5ccc(C)cc5)SC4=S)CC3)C2=O)cc1. The van der Waals surface area contributed by atoms with Gasteiger partial charge in [-0.2, -0.15) is 0 Å². The lowest BCUT2D eigenvalue weighted by molar-refractivity contribution is -0.133. The van der Waals surface area contributed by atoms with E-state index in [1.807, 2.05) is 79.4 Å². The average molecular weight is 708 g/mol. The second-order valence-electron chi connectivity index (χ2n) is 11.6. The first-order chi connectivity index (χ1) is 22.6. The fraction of sp³-hybridized carbons (Fsp3) is 0.353. The van der Waals surface area contributed by atoms with E-state index < -0.39 is 0 Å². The first kappa shape index (κ1) is 35.0. The lowest BCUT2D eigenvalue weighted by Gasteiger charge is -2.35. The van der Waals surface area contributed by atoms with Gasteiger partial charge < -0.3 is 10.2 Å². The summed E-state index contributed by atoms with van der Waals surface area (Å²) in [6.45, 7) is 8.24. The van der Waals surface area contributed by atoms with Crippen molar-refractivity contribution in [3.63, 3.8) is 0 Å². The summed E-state index contributed by atoms with van der Waals surface area (Å²) in [5.74, 6) is -0.471. The molecule has 47 heavy (non-hydrogen) atoms. The summed E-state index contributed by atoms with van der Waals surface area (Å²) in [5.41, 5.74) is 4.17. The molecule has 3 heterocycles. The molecule has 0 bridgehead atoms. The van der Waals surface area contributed by atoms with Crippen LogP contribution in [-0.4, -0.2) is 104 Å². The van der Waals surface area contributed by atoms with Crippen molar-refractivity contribution in [2.45, 2.75) is 26.7 Å². The van der Waals surface area contributed by atoms with Gasteiger partial charge in [-0.15, -0.1) is 0 Å². The number of hydrogen-bond donors (Lipinski definition) is 1. The Morgan fingerprint density at radius 1 is 0.723 bits per heavy atom. The quantitative estimate of drug-likeness (QED) is 0.269. The molecular weight excluding hydrogens is 671 g/mol. The van der Waals surface area contributed by atoms with Gasteiger partial charge in [-0.3, -0.25) is 33.9 Å². The van der Waals surface area contributed by atoms with Gasteiger partial charge in [-0.25, -0.2) is 0 Å². The van der Waals surface area contributed by atoms with Gasteiger partial charge in [-0.05, 0) is 37.1 Å². The third-order valence-electron chi connectivity index (χ3n) is 8.08. The number of piperazine rings is 1. The summed E-state index contributed by atoms with van der Waals surface area (Å²) in [6, 6.07) is 15.8. The van der Waals surface area contributed by atoms with Crippen LogP contribution < -0.4 is 5.32 Å². The molecule has 0 unspecified atom stereocenters. The maximum absolute atomic E-state index is 12.9. The number of nitrogens with one attached hydrogen (secondary N) is 1. The summed E-state index contributed by atoms with van der Waals surface area (Å²) in [5, 5.41) is 2.93. The van der Waals surface area contributed by atoms with Crippen LogP contribution in [0.25, 0.3) is 12.2 Å². The fourth-order valence-corrected chi connectivity index (χ4v) is 7.87. The van der Waals surface area contributed by atoms with E-state index in [1.54, 1.807) is 0 Å². The zero-order chi connectivity index (χ0) is 33.5. The molecule has 2 aromatic rings. The number of nitrogens with zero attached hydrogens (tertiary/aromatic N) is 4. The van der Waals surface area contributed by atoms with Crippen LogP contribution in [0, 0.1) is 13.8 Å². The number of carbonyl (C=O) groups excluding carboxylic acids is 4. The molecule has 246 valence electrons. The molecule has 4 amide bonds. The molecule has 5 rings (SSSR count). The average Bonchev–Trinajstić information content (AvgIpc) is 3.48. The van der Waals surface area contributed by atoms with Crippen LogP contribution in [0.3, 0.4) is 0 Å². The van der Waals surface area contributed by atoms with Crippen molar-refractivity contribution in [3.05, 3.63) is 80.6 Å². The molecule has 0 spiro atoms. The number of carbonyl (C=O) groups is 4. The van der Waals surface area contributed by atoms with Gasteiger partial charge in [0, 0.05) is 65.2 Å². The number of amides is 4. The maximum Gasteiger partial charge on any atom is 0.266 e. The second kappa shape index (κ2) is 16.2. The van der Waals surface area contributed by atoms with E-state index in [4.69, 9.17) is 24.4 Å². The first-order valence-corrected chi connectivity index (χ1v) is 17.9. The van der Waals surface area contributed by atoms with E-state index in [0.717, 1.165) is 22.3 Å². The molecule has 0 atom stereocenters. The van der Waals surface area contributed by atoms with Gasteiger partial charge in [0.1, 0.15) is 8.64 Å². The predicted octanol–water partition coefficient (Wildman–Crippen LogP) is 4.45. The molecule has 3 fully saturated rings. The smallest absolute Gasteiger partial charge is 0.266 e. The molecule has 2 aromatic carbocycles. The molecular formula is C34H37N5O4S4. The molecule has 0 saturated carbocycles. The summed E-state index contributed by atoms with van der Waals surface area (Å²) in [6.07, 6.45) is 4.05. The van der Waals surface area contributed by atoms with E-state index >= 15 is 0 Å². The van der Waals surface area contributed by atoms with Crippen LogP contribution in [0.4, 0.5) is 0 Å². The minimum absolute atomic E-state index is 0.000998. The Morgan fingerprint density at radius 2 is 1.19 bits per heavy atom. The van der Waals surface area contributed by atoms with Gasteiger partial charge in [0.15, 0.2) is 0 Å². The van der Waals surface area contributed by atoms with Crippen molar-refractivity contribution in [2.24, 2.45) is 0 Å². The molecule has 9 nitrogen and oxygen atoms in total. The van der Waals surface area contributed by atoms with Crippen molar-refractivity contribution in [1.82, 2.24) is 24.9 Å². The van der Waals surface area contributed by atoms with Crippen LogP contribution >= 0.6 is 48.0 Å². The van der Waals surface area contributed by atoms with E-state index in [-0.39, 0.29) is 49.6 Å². The molecule has 0 aromatic heterocycles. The zero-order valence-electron chi connectivity index (χ0n) is 26.4. The number of thioether (sulfide) groups is 2. The highest BCUT2D eigenvalue weighted by Gasteiger charge is 2.33. The number of benzene rings is 2. The molecule has 0 aliphatic carbocycles. The molecule has 1 N–H and O–H groups in total. The minimum Gasteiger partial charge on any atom is -0.355 e. The largest absolute Gasteiger partial charge is 0.355 e. The highest BCUT2D eigenvalue weighted by molar-refractivity contribution is 8.27. The summed E-state index contributed by atoms with van der Waals surface area (Å²) in [7, 11) is 0. The lowest BCUT2D eigenvalue weighted by Crippen LogP contribution is -2.50. The normalized spacial score (nSPS) is 19.1. The molecule has 3 aliphatic rings. The second-order valence-corrected chi connectivity index (χ2v) is 14.9. The Balaban J connectivity index is 0.975. The molecule has 3 saturated heterocycles. The van der Waals surface area contributed by atoms with Crippen molar-refractivity contribution in [2.75, 3.05) is 52.4 Å². The number of aryl methyl sites for hydroxylation is 2. The lowest BCUT2D eigenvalue weighted by atomic mass is 10.1. The Morgan fingerprint density at radius 3 is 1.68 bits per heavy atom. The van der Waals surface area contributed by atoms with Crippen molar-refractivity contribution < 1.29 is 19.2 Å². The Labute approximate surface area is 294 Å². The van der Waals surface area contributed by atoms with Crippen LogP contribution in [-0.2, 0) is 19.2 Å². The van der Waals surface area contributed by atoms with Crippen LogP contribution in [0.1, 0.15) is 35.1 Å². The van der Waals surface area contributed by atoms with Crippen molar-refractivity contribution in [1.29, 1.82) is 0 Å². The van der Waals surface area contributed by atoms with E-state index in [2.05, 4.69) is 10.2 Å². The topological polar surface area (TPSA) is 93.3 Å². The molecule has 0 radical (unpaired) electrons. The zero-order valence-corrected chi connectivity index (χ0v) is 29.7. The number of hydrogen-bond acceptors (Lipinski definition) is 9. The minimum atomic E-state index is -0.172. The first-order valence-electron chi connectivity index (χ1n) is 15.5. The van der Waals surface area contributed by atoms with Crippen LogP contribution in [0.2, 0.25) is 0 Å². The summed E-state index contributed by atoms with van der Waals surface area (Å²) >= 11 is 13.4. The monoisotopic (exact) mass is 707 g/mol. The number of rotatable bonds is 11. The standard InChI is InChI=1S/C34H37N5O4S4/c1-23-3-7-25(8-4-23)21-27-31(42)38(33(44)46-27)14-11-29(40)35-13-16-36-17-19-37(20-18-36)30(41)12-15-39-32(43)28(47-34(39)45)22-26-9-5-24(2)6-10-26/h3-10,21-22H,11-20H2,1-2H3,(H,35,40)/b27-21-,28-22-. The van der Waals surface area contributed by atoms with Crippen molar-refractivity contribution in [3.8, 4) is 0 Å². The Kier molecular flexibility index (Phi) is 12.0. The third-order valence-corrected chi connectivity index (χ3v) is 10.8. The van der Waals surface area contributed by atoms with Gasteiger partial charge in [0.05, 0.1) is 9.81 Å². The van der Waals surface area contributed by atoms with Gasteiger partial charge in [0.2, 0.25) is 11.8 Å². The number of thiocarbonyl (C=S) groups is 2. The Bertz CT molecular complexity index is 1610. The predicted molar refractivity (Wildman–Crippen MR) is 197 cm³/mol. The van der Waals surface area contributed by atoms with Crippen LogP contribution in [0.15, 0.2) is 58.3 Å². The van der Waals surface area contributed by atoms with Crippen LogP contribution in [0.5, 0.6) is 0 Å². The fourth-order valence-electron chi connectivity index (χ4n) is 5.26. The summed E-state index contributed by atoms with van der Waals surface area (Å²) in [4.78, 5) is 59.5. The Hall–Kier alpha value is -3.36. The summed E-state index contributed by atoms with van der Waals surface area (Å²) < 4.78 is 0.934. The van der Waals surface area contributed by atoms with E-state index in [9.17, 15) is 19.2 Å². The maximum atomic E-state index is 12.9. The highest BCUT2D eigenvalue weighted by atomic mass is 32.2. The van der Waals surface area contributed by atoms with Gasteiger partial charge >= 0.3 is 0 Å².